The van der Waals surface area contributed by atoms with Crippen molar-refractivity contribution in [3.63, 3.8) is 0 Å². The summed E-state index contributed by atoms with van der Waals surface area (Å²) in [5, 5.41) is 28.0. The second kappa shape index (κ2) is 5.85. The summed E-state index contributed by atoms with van der Waals surface area (Å²) in [5.74, 6) is 0. The van der Waals surface area contributed by atoms with Crippen molar-refractivity contribution in [1.29, 1.82) is 0 Å². The van der Waals surface area contributed by atoms with Crippen LogP contribution in [0.1, 0.15) is 30.6 Å². The van der Waals surface area contributed by atoms with E-state index in [0.29, 0.717) is 5.56 Å². The molecule has 1 aromatic rings. The first-order valence-electron chi connectivity index (χ1n) is 5.24. The Bertz CT molecular complexity index is 299. The van der Waals surface area contributed by atoms with E-state index in [1.807, 2.05) is 25.1 Å². The van der Waals surface area contributed by atoms with Gasteiger partial charge in [-0.25, -0.2) is 0 Å². The molecule has 0 fully saturated rings. The largest absolute Gasteiger partial charge is 0.396 e. The molecule has 0 saturated heterocycles. The van der Waals surface area contributed by atoms with Crippen LogP contribution in [0.15, 0.2) is 24.3 Å². The van der Waals surface area contributed by atoms with Gasteiger partial charge in [-0.2, -0.15) is 0 Å². The molecule has 3 nitrogen and oxygen atoms in total. The minimum atomic E-state index is -0.913. The summed E-state index contributed by atoms with van der Waals surface area (Å²) in [4.78, 5) is 0. The van der Waals surface area contributed by atoms with E-state index in [0.717, 1.165) is 12.0 Å². The van der Waals surface area contributed by atoms with Crippen molar-refractivity contribution in [2.24, 2.45) is 0 Å². The van der Waals surface area contributed by atoms with E-state index in [4.69, 9.17) is 5.11 Å². The Balaban J connectivity index is 2.76. The van der Waals surface area contributed by atoms with E-state index in [9.17, 15) is 10.2 Å². The highest BCUT2D eigenvalue weighted by Gasteiger charge is 2.17. The van der Waals surface area contributed by atoms with Crippen LogP contribution in [0.5, 0.6) is 0 Å². The topological polar surface area (TPSA) is 60.7 Å². The summed E-state index contributed by atoms with van der Waals surface area (Å²) >= 11 is 0. The van der Waals surface area contributed by atoms with E-state index in [1.54, 1.807) is 6.07 Å². The molecule has 0 aliphatic heterocycles. The van der Waals surface area contributed by atoms with Gasteiger partial charge in [-0.1, -0.05) is 31.2 Å². The van der Waals surface area contributed by atoms with Gasteiger partial charge in [0, 0.05) is 6.61 Å². The molecule has 1 rings (SSSR count). The molecule has 3 heteroatoms. The number of hydrogen-bond donors (Lipinski definition) is 3. The molecule has 0 amide bonds. The van der Waals surface area contributed by atoms with Crippen LogP contribution >= 0.6 is 0 Å². The maximum absolute atomic E-state index is 9.78. The highest BCUT2D eigenvalue weighted by atomic mass is 16.3. The average Bonchev–Trinajstić information content (AvgIpc) is 2.28. The zero-order valence-electron chi connectivity index (χ0n) is 8.93. The Kier molecular flexibility index (Phi) is 4.75. The molecule has 84 valence electrons. The minimum absolute atomic E-state index is 0.119. The smallest absolute Gasteiger partial charge is 0.105 e. The first-order valence-corrected chi connectivity index (χ1v) is 5.24. The van der Waals surface area contributed by atoms with E-state index < -0.39 is 12.2 Å². The molecule has 0 aliphatic rings. The molecule has 0 bridgehead atoms. The van der Waals surface area contributed by atoms with Crippen molar-refractivity contribution in [3.05, 3.63) is 35.4 Å². The minimum Gasteiger partial charge on any atom is -0.396 e. The molecule has 1 aromatic carbocycles. The molecule has 3 N–H and O–H groups in total. The molecule has 0 heterocycles. The molecule has 2 atom stereocenters. The highest BCUT2D eigenvalue weighted by molar-refractivity contribution is 5.25. The highest BCUT2D eigenvalue weighted by Crippen LogP contribution is 2.19. The van der Waals surface area contributed by atoms with Gasteiger partial charge in [0.15, 0.2) is 0 Å². The summed E-state index contributed by atoms with van der Waals surface area (Å²) in [6.45, 7) is 1.92. The number of aliphatic hydroxyl groups excluding tert-OH is 3. The molecule has 2 unspecified atom stereocenters. The predicted octanol–water partition coefficient (Wildman–Crippen LogP) is 1.03. The molecular formula is C12H18O3. The Hall–Kier alpha value is -0.900. The Morgan fingerprint density at radius 2 is 2.00 bits per heavy atom. The van der Waals surface area contributed by atoms with Crippen LogP contribution in [0.2, 0.25) is 0 Å². The van der Waals surface area contributed by atoms with Gasteiger partial charge in [-0.15, -0.1) is 0 Å². The number of benzene rings is 1. The lowest BCUT2D eigenvalue weighted by atomic mass is 10.00. The number of rotatable bonds is 5. The molecule has 0 spiro atoms. The zero-order valence-corrected chi connectivity index (χ0v) is 8.93. The normalized spacial score (nSPS) is 14.9. The molecule has 15 heavy (non-hydrogen) atoms. The third-order valence-corrected chi connectivity index (χ3v) is 2.49. The zero-order chi connectivity index (χ0) is 11.3. The van der Waals surface area contributed by atoms with E-state index in [2.05, 4.69) is 0 Å². The van der Waals surface area contributed by atoms with Crippen LogP contribution in [0.3, 0.4) is 0 Å². The number of aryl methyl sites for hydroxylation is 1. The fourth-order valence-corrected chi connectivity index (χ4v) is 1.51. The summed E-state index contributed by atoms with van der Waals surface area (Å²) in [7, 11) is 0. The lowest BCUT2D eigenvalue weighted by Crippen LogP contribution is -2.19. The van der Waals surface area contributed by atoms with Crippen LogP contribution < -0.4 is 0 Å². The van der Waals surface area contributed by atoms with Crippen molar-refractivity contribution < 1.29 is 15.3 Å². The number of hydrogen-bond acceptors (Lipinski definition) is 3. The molecular weight excluding hydrogens is 192 g/mol. The van der Waals surface area contributed by atoms with Crippen LogP contribution in [-0.4, -0.2) is 28.0 Å². The summed E-state index contributed by atoms with van der Waals surface area (Å²) in [6, 6.07) is 7.51. The first-order chi connectivity index (χ1) is 7.19. The predicted molar refractivity (Wildman–Crippen MR) is 58.5 cm³/mol. The van der Waals surface area contributed by atoms with Gasteiger partial charge in [0.2, 0.25) is 0 Å². The van der Waals surface area contributed by atoms with Crippen molar-refractivity contribution in [1.82, 2.24) is 0 Å². The average molecular weight is 210 g/mol. The lowest BCUT2D eigenvalue weighted by molar-refractivity contribution is 0.00419. The second-order valence-electron chi connectivity index (χ2n) is 3.62. The van der Waals surface area contributed by atoms with E-state index in [1.165, 1.54) is 0 Å². The van der Waals surface area contributed by atoms with Gasteiger partial charge < -0.3 is 15.3 Å². The standard InChI is InChI=1S/C12H18O3/c1-2-9-4-3-5-10(8-9)12(15)11(14)6-7-13/h3-5,8,11-15H,2,6-7H2,1H3. The van der Waals surface area contributed by atoms with E-state index in [-0.39, 0.29) is 13.0 Å². The maximum atomic E-state index is 9.78. The summed E-state index contributed by atoms with van der Waals surface area (Å²) in [5.41, 5.74) is 1.83. The maximum Gasteiger partial charge on any atom is 0.105 e. The van der Waals surface area contributed by atoms with Crippen LogP contribution in [-0.2, 0) is 6.42 Å². The Labute approximate surface area is 90.0 Å². The van der Waals surface area contributed by atoms with Crippen molar-refractivity contribution in [3.8, 4) is 0 Å². The molecule has 0 saturated carbocycles. The molecule has 0 aromatic heterocycles. The fourth-order valence-electron chi connectivity index (χ4n) is 1.51. The van der Waals surface area contributed by atoms with Gasteiger partial charge in [0.05, 0.1) is 6.10 Å². The van der Waals surface area contributed by atoms with Crippen molar-refractivity contribution >= 4 is 0 Å². The molecule has 0 radical (unpaired) electrons. The van der Waals surface area contributed by atoms with Crippen molar-refractivity contribution in [2.75, 3.05) is 6.61 Å². The van der Waals surface area contributed by atoms with Crippen LogP contribution in [0.25, 0.3) is 0 Å². The second-order valence-corrected chi connectivity index (χ2v) is 3.62. The molecule has 0 aliphatic carbocycles. The fraction of sp³-hybridized carbons (Fsp3) is 0.500. The van der Waals surface area contributed by atoms with Gasteiger partial charge in [0.1, 0.15) is 6.10 Å². The SMILES string of the molecule is CCc1cccc(C(O)C(O)CCO)c1. The van der Waals surface area contributed by atoms with Crippen LogP contribution in [0, 0.1) is 0 Å². The third-order valence-electron chi connectivity index (χ3n) is 2.49. The Morgan fingerprint density at radius 3 is 2.60 bits per heavy atom. The van der Waals surface area contributed by atoms with Gasteiger partial charge in [-0.3, -0.25) is 0 Å². The summed E-state index contributed by atoms with van der Waals surface area (Å²) in [6.07, 6.45) is -0.723. The van der Waals surface area contributed by atoms with Crippen LogP contribution in [0.4, 0.5) is 0 Å². The van der Waals surface area contributed by atoms with Crippen molar-refractivity contribution in [2.45, 2.75) is 32.0 Å². The third kappa shape index (κ3) is 3.30. The monoisotopic (exact) mass is 210 g/mol. The Morgan fingerprint density at radius 1 is 1.27 bits per heavy atom. The van der Waals surface area contributed by atoms with Gasteiger partial charge in [-0.05, 0) is 24.0 Å². The number of aliphatic hydroxyl groups is 3. The quantitative estimate of drug-likeness (QED) is 0.680. The van der Waals surface area contributed by atoms with Gasteiger partial charge >= 0.3 is 0 Å². The van der Waals surface area contributed by atoms with Gasteiger partial charge in [0.25, 0.3) is 0 Å². The first kappa shape index (κ1) is 12.2. The lowest BCUT2D eigenvalue weighted by Gasteiger charge is -2.17. The van der Waals surface area contributed by atoms with E-state index >= 15 is 0 Å². The summed E-state index contributed by atoms with van der Waals surface area (Å²) < 4.78 is 0.